The van der Waals surface area contributed by atoms with E-state index in [4.69, 9.17) is 22.8 Å². The predicted molar refractivity (Wildman–Crippen MR) is 106 cm³/mol. The van der Waals surface area contributed by atoms with E-state index in [-0.39, 0.29) is 12.5 Å². The second-order valence-electron chi connectivity index (χ2n) is 6.09. The van der Waals surface area contributed by atoms with Gasteiger partial charge in [0.2, 0.25) is 5.91 Å². The fraction of sp³-hybridized carbons (Fsp3) is 0.318. The van der Waals surface area contributed by atoms with E-state index in [0.717, 1.165) is 35.3 Å². The number of rotatable bonds is 9. The van der Waals surface area contributed by atoms with Crippen LogP contribution in [-0.2, 0) is 24.2 Å². The van der Waals surface area contributed by atoms with Crippen LogP contribution in [0.1, 0.15) is 36.5 Å². The first-order valence-corrected chi connectivity index (χ1v) is 9.19. The van der Waals surface area contributed by atoms with E-state index in [0.29, 0.717) is 24.4 Å². The maximum Gasteiger partial charge on any atom is 0.220 e. The zero-order valence-electron chi connectivity index (χ0n) is 15.1. The second-order valence-corrected chi connectivity index (χ2v) is 6.52. The first-order chi connectivity index (χ1) is 12.6. The van der Waals surface area contributed by atoms with Crippen molar-refractivity contribution in [2.24, 2.45) is 0 Å². The molecule has 0 fully saturated rings. The van der Waals surface area contributed by atoms with Gasteiger partial charge in [0.1, 0.15) is 12.4 Å². The summed E-state index contributed by atoms with van der Waals surface area (Å²) >= 11 is 5.86. The van der Waals surface area contributed by atoms with Crippen molar-refractivity contribution < 1.29 is 9.53 Å². The summed E-state index contributed by atoms with van der Waals surface area (Å²) in [5.74, 6) is 3.35. The van der Waals surface area contributed by atoms with Crippen LogP contribution in [0.2, 0.25) is 5.02 Å². The molecule has 2 aromatic rings. The molecule has 0 aliphatic rings. The molecule has 4 heteroatoms. The minimum Gasteiger partial charge on any atom is -0.481 e. The summed E-state index contributed by atoms with van der Waals surface area (Å²) in [6, 6.07) is 13.5. The highest BCUT2D eigenvalue weighted by atomic mass is 35.5. The van der Waals surface area contributed by atoms with Gasteiger partial charge < -0.3 is 10.1 Å². The summed E-state index contributed by atoms with van der Waals surface area (Å²) in [6.45, 7) is 2.90. The molecular weight excluding hydrogens is 346 g/mol. The third-order valence-electron chi connectivity index (χ3n) is 4.00. The topological polar surface area (TPSA) is 38.3 Å². The molecule has 0 aliphatic carbocycles. The highest BCUT2D eigenvalue weighted by Crippen LogP contribution is 2.22. The van der Waals surface area contributed by atoms with Gasteiger partial charge >= 0.3 is 0 Å². The Morgan fingerprint density at radius 3 is 2.58 bits per heavy atom. The van der Waals surface area contributed by atoms with Crippen molar-refractivity contribution in [1.82, 2.24) is 5.32 Å². The lowest BCUT2D eigenvalue weighted by molar-refractivity contribution is -0.121. The molecule has 0 saturated carbocycles. The summed E-state index contributed by atoms with van der Waals surface area (Å²) in [5.41, 5.74) is 3.30. The Balaban J connectivity index is 1.87. The molecule has 0 bridgehead atoms. The Morgan fingerprint density at radius 2 is 1.88 bits per heavy atom. The van der Waals surface area contributed by atoms with Gasteiger partial charge in [-0.3, -0.25) is 4.79 Å². The number of ether oxygens (including phenoxy) is 1. The van der Waals surface area contributed by atoms with Crippen LogP contribution in [0.3, 0.4) is 0 Å². The quantitative estimate of drug-likeness (QED) is 0.658. The molecule has 0 saturated heterocycles. The van der Waals surface area contributed by atoms with E-state index in [1.165, 1.54) is 0 Å². The van der Waals surface area contributed by atoms with Gasteiger partial charge in [-0.05, 0) is 47.7 Å². The van der Waals surface area contributed by atoms with Crippen LogP contribution in [0.4, 0.5) is 0 Å². The van der Waals surface area contributed by atoms with Crippen LogP contribution in [-0.4, -0.2) is 12.5 Å². The van der Waals surface area contributed by atoms with E-state index in [9.17, 15) is 4.79 Å². The number of hydrogen-bond acceptors (Lipinski definition) is 2. The highest BCUT2D eigenvalue weighted by Gasteiger charge is 2.07. The molecule has 1 amide bonds. The molecule has 26 heavy (non-hydrogen) atoms. The number of carbonyl (C=O) groups excluding carboxylic acids is 1. The Kier molecular flexibility index (Phi) is 8.05. The van der Waals surface area contributed by atoms with Gasteiger partial charge in [-0.15, -0.1) is 6.42 Å². The Labute approximate surface area is 160 Å². The van der Waals surface area contributed by atoms with E-state index in [1.807, 2.05) is 36.4 Å². The average molecular weight is 370 g/mol. The molecule has 0 spiro atoms. The van der Waals surface area contributed by atoms with Crippen molar-refractivity contribution in [3.8, 4) is 18.1 Å². The van der Waals surface area contributed by atoms with E-state index in [1.54, 1.807) is 0 Å². The van der Waals surface area contributed by atoms with Gasteiger partial charge in [0.15, 0.2) is 0 Å². The maximum absolute atomic E-state index is 12.1. The van der Waals surface area contributed by atoms with Crippen LogP contribution in [0.5, 0.6) is 5.75 Å². The van der Waals surface area contributed by atoms with Gasteiger partial charge in [-0.1, -0.05) is 55.1 Å². The lowest BCUT2D eigenvalue weighted by atomic mass is 10.0. The van der Waals surface area contributed by atoms with Crippen LogP contribution < -0.4 is 10.1 Å². The first kappa shape index (κ1) is 19.9. The molecule has 136 valence electrons. The lowest BCUT2D eigenvalue weighted by Crippen LogP contribution is -2.22. The normalized spacial score (nSPS) is 10.2. The monoisotopic (exact) mass is 369 g/mol. The van der Waals surface area contributed by atoms with Gasteiger partial charge in [0.25, 0.3) is 0 Å². The molecule has 0 heterocycles. The van der Waals surface area contributed by atoms with Crippen molar-refractivity contribution in [2.75, 3.05) is 6.61 Å². The molecule has 0 radical (unpaired) electrons. The maximum atomic E-state index is 12.1. The van der Waals surface area contributed by atoms with Crippen molar-refractivity contribution in [3.63, 3.8) is 0 Å². The first-order valence-electron chi connectivity index (χ1n) is 8.81. The molecule has 2 aromatic carbocycles. The lowest BCUT2D eigenvalue weighted by Gasteiger charge is -2.11. The number of carbonyl (C=O) groups is 1. The molecule has 3 nitrogen and oxygen atoms in total. The summed E-state index contributed by atoms with van der Waals surface area (Å²) < 4.78 is 5.59. The summed E-state index contributed by atoms with van der Waals surface area (Å²) in [7, 11) is 0. The number of amides is 1. The van der Waals surface area contributed by atoms with Crippen molar-refractivity contribution in [2.45, 2.75) is 39.2 Å². The molecule has 2 rings (SSSR count). The molecule has 0 aliphatic heterocycles. The number of benzene rings is 2. The zero-order chi connectivity index (χ0) is 18.8. The molecule has 0 atom stereocenters. The minimum absolute atomic E-state index is 0.0321. The van der Waals surface area contributed by atoms with Crippen LogP contribution in [0.15, 0.2) is 42.5 Å². The number of terminal acetylenes is 1. The van der Waals surface area contributed by atoms with Crippen LogP contribution >= 0.6 is 11.6 Å². The standard InChI is InChI=1S/C22H24ClNO2/c1-3-5-19-15-17(8-12-21(19)26-14-4-2)9-13-22(25)24-16-18-6-10-20(23)11-7-18/h2,6-8,10-12,15H,3,5,9,13-14,16H2,1H3,(H,24,25). The summed E-state index contributed by atoms with van der Waals surface area (Å²) in [5, 5.41) is 3.63. The van der Waals surface area contributed by atoms with Gasteiger partial charge in [-0.25, -0.2) is 0 Å². The largest absolute Gasteiger partial charge is 0.481 e. The van der Waals surface area contributed by atoms with Crippen LogP contribution in [0.25, 0.3) is 0 Å². The summed E-state index contributed by atoms with van der Waals surface area (Å²) in [4.78, 5) is 12.1. The highest BCUT2D eigenvalue weighted by molar-refractivity contribution is 6.30. The smallest absolute Gasteiger partial charge is 0.220 e. The Hall–Kier alpha value is -2.44. The minimum atomic E-state index is 0.0321. The van der Waals surface area contributed by atoms with E-state index >= 15 is 0 Å². The SMILES string of the molecule is C#CCOc1ccc(CCC(=O)NCc2ccc(Cl)cc2)cc1CCC. The summed E-state index contributed by atoms with van der Waals surface area (Å²) in [6.07, 6.45) is 8.36. The van der Waals surface area contributed by atoms with E-state index < -0.39 is 0 Å². The Morgan fingerprint density at radius 1 is 1.15 bits per heavy atom. The third-order valence-corrected chi connectivity index (χ3v) is 4.25. The zero-order valence-corrected chi connectivity index (χ0v) is 15.8. The van der Waals surface area contributed by atoms with Gasteiger partial charge in [0, 0.05) is 18.0 Å². The van der Waals surface area contributed by atoms with Crippen molar-refractivity contribution in [1.29, 1.82) is 0 Å². The van der Waals surface area contributed by atoms with Gasteiger partial charge in [0.05, 0.1) is 0 Å². The number of aryl methyl sites for hydroxylation is 2. The average Bonchev–Trinajstić information content (AvgIpc) is 2.65. The molecule has 0 aromatic heterocycles. The molecular formula is C22H24ClNO2. The fourth-order valence-corrected chi connectivity index (χ4v) is 2.79. The number of halogens is 1. The van der Waals surface area contributed by atoms with Crippen LogP contribution in [0, 0.1) is 12.3 Å². The molecule has 1 N–H and O–H groups in total. The number of nitrogens with one attached hydrogen (secondary N) is 1. The van der Waals surface area contributed by atoms with Gasteiger partial charge in [-0.2, -0.15) is 0 Å². The predicted octanol–water partition coefficient (Wildman–Crippen LogP) is 4.55. The molecule has 0 unspecified atom stereocenters. The Bertz CT molecular complexity index is 763. The van der Waals surface area contributed by atoms with E-state index in [2.05, 4.69) is 24.2 Å². The van der Waals surface area contributed by atoms with Crippen molar-refractivity contribution >= 4 is 17.5 Å². The third kappa shape index (κ3) is 6.46. The van der Waals surface area contributed by atoms with Crippen molar-refractivity contribution in [3.05, 3.63) is 64.2 Å². The second kappa shape index (κ2) is 10.5. The number of hydrogen-bond donors (Lipinski definition) is 1. The fourth-order valence-electron chi connectivity index (χ4n) is 2.66.